The average Bonchev–Trinajstić information content (AvgIpc) is 2.72. The molecular weight excluding hydrogens is 342 g/mol. The van der Waals surface area contributed by atoms with Gasteiger partial charge in [-0.25, -0.2) is 0 Å². The summed E-state index contributed by atoms with van der Waals surface area (Å²) in [5, 5.41) is 0. The summed E-state index contributed by atoms with van der Waals surface area (Å²) < 4.78 is 5.22. The number of anilines is 1. The van der Waals surface area contributed by atoms with E-state index in [1.807, 2.05) is 30.3 Å². The van der Waals surface area contributed by atoms with Gasteiger partial charge in [-0.05, 0) is 50.3 Å². The Morgan fingerprint density at radius 1 is 1.00 bits per heavy atom. The van der Waals surface area contributed by atoms with Crippen LogP contribution in [0.25, 0.3) is 6.08 Å². The van der Waals surface area contributed by atoms with Crippen molar-refractivity contribution in [3.8, 4) is 5.75 Å². The largest absolute Gasteiger partial charge is 0.496 e. The number of ether oxygens (including phenoxy) is 1. The minimum Gasteiger partial charge on any atom is -0.496 e. The van der Waals surface area contributed by atoms with Gasteiger partial charge in [-0.2, -0.15) is 0 Å². The molecule has 0 aliphatic heterocycles. The van der Waals surface area contributed by atoms with Crippen LogP contribution >= 0.6 is 0 Å². The van der Waals surface area contributed by atoms with Gasteiger partial charge in [0.25, 0.3) is 11.8 Å². The van der Waals surface area contributed by atoms with Crippen molar-refractivity contribution >= 4 is 23.6 Å². The van der Waals surface area contributed by atoms with Crippen LogP contribution in [0.3, 0.4) is 0 Å². The van der Waals surface area contributed by atoms with E-state index in [0.717, 1.165) is 24.3 Å². The number of hydrogen-bond acceptors (Lipinski definition) is 4. The number of methoxy groups -OCH3 is 1. The number of amides is 2. The molecule has 0 fully saturated rings. The molecule has 0 spiro atoms. The molecule has 6 nitrogen and oxygen atoms in total. The van der Waals surface area contributed by atoms with Crippen LogP contribution in [0.4, 0.5) is 5.69 Å². The number of nitrogens with one attached hydrogen (secondary N) is 2. The van der Waals surface area contributed by atoms with Crippen LogP contribution in [0, 0.1) is 0 Å². The lowest BCUT2D eigenvalue weighted by atomic mass is 10.2. The monoisotopic (exact) mass is 367 g/mol. The zero-order valence-corrected chi connectivity index (χ0v) is 15.9. The van der Waals surface area contributed by atoms with E-state index in [9.17, 15) is 9.59 Å². The van der Waals surface area contributed by atoms with E-state index in [-0.39, 0.29) is 5.91 Å². The Balaban J connectivity index is 1.91. The maximum absolute atomic E-state index is 12.2. The van der Waals surface area contributed by atoms with Gasteiger partial charge in [0.1, 0.15) is 5.75 Å². The van der Waals surface area contributed by atoms with Gasteiger partial charge in [-0.3, -0.25) is 20.4 Å². The Bertz CT molecular complexity index is 797. The van der Waals surface area contributed by atoms with Crippen molar-refractivity contribution in [2.75, 3.05) is 25.1 Å². The van der Waals surface area contributed by atoms with E-state index in [1.165, 1.54) is 6.08 Å². The molecule has 2 amide bonds. The molecule has 27 heavy (non-hydrogen) atoms. The van der Waals surface area contributed by atoms with Gasteiger partial charge >= 0.3 is 0 Å². The predicted octanol–water partition coefficient (Wildman–Crippen LogP) is 3.02. The van der Waals surface area contributed by atoms with Gasteiger partial charge in [-0.1, -0.05) is 18.2 Å². The van der Waals surface area contributed by atoms with Crippen LogP contribution in [-0.2, 0) is 4.79 Å². The van der Waals surface area contributed by atoms with Crippen molar-refractivity contribution in [2.24, 2.45) is 0 Å². The molecule has 142 valence electrons. The first-order chi connectivity index (χ1) is 13.1. The summed E-state index contributed by atoms with van der Waals surface area (Å²) in [6.07, 6.45) is 2.96. The smallest absolute Gasteiger partial charge is 0.269 e. The minimum atomic E-state index is -0.436. The summed E-state index contributed by atoms with van der Waals surface area (Å²) in [5.74, 6) is -0.145. The minimum absolute atomic E-state index is 0.375. The number of nitrogens with zero attached hydrogens (tertiary/aromatic N) is 1. The lowest BCUT2D eigenvalue weighted by Crippen LogP contribution is -2.40. The van der Waals surface area contributed by atoms with Crippen LogP contribution in [0.1, 0.15) is 29.8 Å². The second-order valence-corrected chi connectivity index (χ2v) is 5.74. The second-order valence-electron chi connectivity index (χ2n) is 5.74. The third-order valence-corrected chi connectivity index (χ3v) is 4.11. The summed E-state index contributed by atoms with van der Waals surface area (Å²) in [4.78, 5) is 26.3. The van der Waals surface area contributed by atoms with Crippen molar-refractivity contribution in [2.45, 2.75) is 13.8 Å². The number of carbonyl (C=O) groups is 2. The normalized spacial score (nSPS) is 10.5. The van der Waals surface area contributed by atoms with Crippen LogP contribution in [0.2, 0.25) is 0 Å². The van der Waals surface area contributed by atoms with Gasteiger partial charge in [-0.15, -0.1) is 0 Å². The lowest BCUT2D eigenvalue weighted by Gasteiger charge is -2.21. The molecule has 2 aromatic carbocycles. The Morgan fingerprint density at radius 2 is 1.67 bits per heavy atom. The van der Waals surface area contributed by atoms with Crippen LogP contribution < -0.4 is 20.5 Å². The van der Waals surface area contributed by atoms with Crippen molar-refractivity contribution in [3.63, 3.8) is 0 Å². The number of hydrogen-bond donors (Lipinski definition) is 2. The van der Waals surface area contributed by atoms with Gasteiger partial charge in [0.05, 0.1) is 7.11 Å². The van der Waals surface area contributed by atoms with Crippen LogP contribution in [0.5, 0.6) is 5.75 Å². The third-order valence-electron chi connectivity index (χ3n) is 4.11. The Morgan fingerprint density at radius 3 is 2.30 bits per heavy atom. The van der Waals surface area contributed by atoms with Gasteiger partial charge < -0.3 is 9.64 Å². The van der Waals surface area contributed by atoms with Crippen molar-refractivity contribution < 1.29 is 14.3 Å². The number of hydrazine groups is 1. The lowest BCUT2D eigenvalue weighted by molar-refractivity contribution is -0.117. The first-order valence-corrected chi connectivity index (χ1v) is 8.85. The molecule has 0 saturated carbocycles. The molecule has 0 aromatic heterocycles. The summed E-state index contributed by atoms with van der Waals surface area (Å²) in [5.41, 5.74) is 7.08. The van der Waals surface area contributed by atoms with Gasteiger partial charge in [0.2, 0.25) is 0 Å². The highest BCUT2D eigenvalue weighted by molar-refractivity contribution is 5.98. The van der Waals surface area contributed by atoms with E-state index in [4.69, 9.17) is 4.74 Å². The SMILES string of the molecule is CCN(CC)c1ccc(C(=O)NNC(=O)C=Cc2ccccc2OC)cc1. The van der Waals surface area contributed by atoms with E-state index in [1.54, 1.807) is 31.4 Å². The molecular formula is C21H25N3O3. The van der Waals surface area contributed by atoms with Crippen molar-refractivity contribution in [1.29, 1.82) is 0 Å². The van der Waals surface area contributed by atoms with Crippen LogP contribution in [0.15, 0.2) is 54.6 Å². The Hall–Kier alpha value is -3.28. The Labute approximate surface area is 159 Å². The summed E-state index contributed by atoms with van der Waals surface area (Å²) in [6, 6.07) is 14.6. The highest BCUT2D eigenvalue weighted by atomic mass is 16.5. The van der Waals surface area contributed by atoms with E-state index < -0.39 is 5.91 Å². The molecule has 6 heteroatoms. The maximum atomic E-state index is 12.2. The summed E-state index contributed by atoms with van der Waals surface area (Å²) in [7, 11) is 1.57. The average molecular weight is 367 g/mol. The molecule has 2 rings (SSSR count). The zero-order valence-electron chi connectivity index (χ0n) is 15.9. The Kier molecular flexibility index (Phi) is 7.43. The van der Waals surface area contributed by atoms with Crippen molar-refractivity contribution in [1.82, 2.24) is 10.9 Å². The maximum Gasteiger partial charge on any atom is 0.269 e. The molecule has 2 N–H and O–H groups in total. The number of rotatable bonds is 7. The van der Waals surface area contributed by atoms with E-state index in [2.05, 4.69) is 29.6 Å². The molecule has 0 radical (unpaired) electrons. The molecule has 0 aliphatic carbocycles. The third kappa shape index (κ3) is 5.60. The highest BCUT2D eigenvalue weighted by Gasteiger charge is 2.08. The van der Waals surface area contributed by atoms with E-state index in [0.29, 0.717) is 11.3 Å². The number of carbonyl (C=O) groups excluding carboxylic acids is 2. The fraction of sp³-hybridized carbons (Fsp3) is 0.238. The first-order valence-electron chi connectivity index (χ1n) is 8.85. The fourth-order valence-electron chi connectivity index (χ4n) is 2.61. The molecule has 0 aliphatic rings. The van der Waals surface area contributed by atoms with Crippen LogP contribution in [-0.4, -0.2) is 32.0 Å². The quantitative estimate of drug-likeness (QED) is 0.583. The predicted molar refractivity (Wildman–Crippen MR) is 108 cm³/mol. The zero-order chi connectivity index (χ0) is 19.6. The molecule has 0 atom stereocenters. The first kappa shape index (κ1) is 20.0. The standard InChI is InChI=1S/C21H25N3O3/c1-4-24(5-2)18-13-10-17(11-14-18)21(26)23-22-20(25)15-12-16-8-6-7-9-19(16)27-3/h6-15H,4-5H2,1-3H3,(H,22,25)(H,23,26). The topological polar surface area (TPSA) is 70.7 Å². The van der Waals surface area contributed by atoms with E-state index >= 15 is 0 Å². The molecule has 0 unspecified atom stereocenters. The molecule has 0 saturated heterocycles. The molecule has 0 heterocycles. The molecule has 0 bridgehead atoms. The molecule has 2 aromatic rings. The highest BCUT2D eigenvalue weighted by Crippen LogP contribution is 2.18. The second kappa shape index (κ2) is 10.0. The fourth-order valence-corrected chi connectivity index (χ4v) is 2.61. The summed E-state index contributed by atoms with van der Waals surface area (Å²) >= 11 is 0. The number of benzene rings is 2. The van der Waals surface area contributed by atoms with Crippen molar-refractivity contribution in [3.05, 3.63) is 65.7 Å². The summed E-state index contributed by atoms with van der Waals surface area (Å²) in [6.45, 7) is 5.96. The van der Waals surface area contributed by atoms with Gasteiger partial charge in [0.15, 0.2) is 0 Å². The van der Waals surface area contributed by atoms with Gasteiger partial charge in [0, 0.05) is 36.0 Å². The number of para-hydroxylation sites is 1.